The van der Waals surface area contributed by atoms with E-state index >= 15 is 0 Å². The Bertz CT molecular complexity index is 569. The zero-order chi connectivity index (χ0) is 14.5. The van der Waals surface area contributed by atoms with Gasteiger partial charge in [-0.3, -0.25) is 0 Å². The van der Waals surface area contributed by atoms with Gasteiger partial charge in [-0.2, -0.15) is 0 Å². The first-order valence-electron chi connectivity index (χ1n) is 6.45. The molecule has 0 saturated carbocycles. The van der Waals surface area contributed by atoms with E-state index in [0.29, 0.717) is 12.3 Å². The topological polar surface area (TPSA) is 41.5 Å². The number of ether oxygens (including phenoxy) is 1. The third-order valence-electron chi connectivity index (χ3n) is 3.26. The Hall–Kier alpha value is -1.71. The molecular weight excluding hydrogens is 274 g/mol. The summed E-state index contributed by atoms with van der Waals surface area (Å²) in [5.74, 6) is 0.886. The molecule has 2 rings (SSSR count). The molecule has 3 nitrogen and oxygen atoms in total. The average molecular weight is 292 g/mol. The van der Waals surface area contributed by atoms with Crippen molar-refractivity contribution in [3.05, 3.63) is 58.6 Å². The minimum Gasteiger partial charge on any atom is -0.507 e. The standard InChI is InChI=1S/C16H18ClNO2/c1-11(12-3-6-14(17)7-4-12)18-10-13-5-8-15(20-2)9-16(13)19/h3-9,11,18-19H,10H2,1-2H3. The zero-order valence-corrected chi connectivity index (χ0v) is 12.3. The van der Waals surface area contributed by atoms with Crippen LogP contribution >= 0.6 is 11.6 Å². The Labute approximate surface area is 124 Å². The molecule has 0 spiro atoms. The van der Waals surface area contributed by atoms with Gasteiger partial charge in [0.25, 0.3) is 0 Å². The fourth-order valence-corrected chi connectivity index (χ4v) is 2.08. The molecule has 0 aromatic heterocycles. The maximum atomic E-state index is 9.90. The smallest absolute Gasteiger partial charge is 0.123 e. The summed E-state index contributed by atoms with van der Waals surface area (Å²) in [6.07, 6.45) is 0. The molecule has 20 heavy (non-hydrogen) atoms. The van der Waals surface area contributed by atoms with Crippen LogP contribution < -0.4 is 10.1 Å². The van der Waals surface area contributed by atoms with Crippen LogP contribution in [0.3, 0.4) is 0 Å². The number of halogens is 1. The summed E-state index contributed by atoms with van der Waals surface area (Å²) in [5.41, 5.74) is 1.99. The first kappa shape index (κ1) is 14.7. The zero-order valence-electron chi connectivity index (χ0n) is 11.6. The van der Waals surface area contributed by atoms with Crippen molar-refractivity contribution in [2.45, 2.75) is 19.5 Å². The number of phenols is 1. The molecular formula is C16H18ClNO2. The Morgan fingerprint density at radius 3 is 2.50 bits per heavy atom. The number of methoxy groups -OCH3 is 1. The second-order valence-corrected chi connectivity index (χ2v) is 5.09. The van der Waals surface area contributed by atoms with Gasteiger partial charge in [-0.05, 0) is 30.7 Å². The van der Waals surface area contributed by atoms with Crippen LogP contribution in [0.25, 0.3) is 0 Å². The fourth-order valence-electron chi connectivity index (χ4n) is 1.95. The van der Waals surface area contributed by atoms with Gasteiger partial charge in [0.15, 0.2) is 0 Å². The van der Waals surface area contributed by atoms with Gasteiger partial charge in [-0.15, -0.1) is 0 Å². The summed E-state index contributed by atoms with van der Waals surface area (Å²) in [6, 6.07) is 13.2. The number of phenolic OH excluding ortho intramolecular Hbond substituents is 1. The van der Waals surface area contributed by atoms with Crippen LogP contribution in [0, 0.1) is 0 Å². The highest BCUT2D eigenvalue weighted by molar-refractivity contribution is 6.30. The van der Waals surface area contributed by atoms with Crippen LogP contribution in [-0.2, 0) is 6.54 Å². The van der Waals surface area contributed by atoms with Crippen LogP contribution in [0.2, 0.25) is 5.02 Å². The molecule has 1 atom stereocenters. The van der Waals surface area contributed by atoms with Gasteiger partial charge >= 0.3 is 0 Å². The number of aromatic hydroxyl groups is 1. The van der Waals surface area contributed by atoms with Crippen molar-refractivity contribution >= 4 is 11.6 Å². The molecule has 1 unspecified atom stereocenters. The molecule has 106 valence electrons. The van der Waals surface area contributed by atoms with E-state index in [4.69, 9.17) is 16.3 Å². The van der Waals surface area contributed by atoms with Crippen LogP contribution in [0.15, 0.2) is 42.5 Å². The fraction of sp³-hybridized carbons (Fsp3) is 0.250. The maximum absolute atomic E-state index is 9.90. The van der Waals surface area contributed by atoms with E-state index in [2.05, 4.69) is 12.2 Å². The summed E-state index contributed by atoms with van der Waals surface area (Å²) in [4.78, 5) is 0. The molecule has 2 N–H and O–H groups in total. The number of rotatable bonds is 5. The van der Waals surface area contributed by atoms with Crippen LogP contribution in [0.1, 0.15) is 24.1 Å². The lowest BCUT2D eigenvalue weighted by Gasteiger charge is -2.15. The Morgan fingerprint density at radius 2 is 1.90 bits per heavy atom. The van der Waals surface area contributed by atoms with E-state index in [1.807, 2.05) is 36.4 Å². The van der Waals surface area contributed by atoms with Crippen molar-refractivity contribution in [2.75, 3.05) is 7.11 Å². The minimum absolute atomic E-state index is 0.175. The molecule has 0 fully saturated rings. The molecule has 0 bridgehead atoms. The Balaban J connectivity index is 1.99. The third kappa shape index (κ3) is 3.65. The lowest BCUT2D eigenvalue weighted by molar-refractivity contribution is 0.405. The van der Waals surface area contributed by atoms with E-state index in [0.717, 1.165) is 16.1 Å². The Kier molecular flexibility index (Phi) is 4.88. The quantitative estimate of drug-likeness (QED) is 0.878. The van der Waals surface area contributed by atoms with Gasteiger partial charge < -0.3 is 15.2 Å². The van der Waals surface area contributed by atoms with Crippen molar-refractivity contribution in [3.63, 3.8) is 0 Å². The highest BCUT2D eigenvalue weighted by atomic mass is 35.5. The first-order valence-corrected chi connectivity index (χ1v) is 6.82. The number of hydrogen-bond acceptors (Lipinski definition) is 3. The highest BCUT2D eigenvalue weighted by Gasteiger charge is 2.07. The van der Waals surface area contributed by atoms with E-state index in [9.17, 15) is 5.11 Å². The summed E-state index contributed by atoms with van der Waals surface area (Å²) < 4.78 is 5.06. The van der Waals surface area contributed by atoms with Crippen molar-refractivity contribution in [2.24, 2.45) is 0 Å². The van der Waals surface area contributed by atoms with Gasteiger partial charge in [0.2, 0.25) is 0 Å². The van der Waals surface area contributed by atoms with Crippen molar-refractivity contribution in [1.82, 2.24) is 5.32 Å². The van der Waals surface area contributed by atoms with E-state index in [-0.39, 0.29) is 11.8 Å². The predicted octanol–water partition coefficient (Wildman–Crippen LogP) is 3.91. The second kappa shape index (κ2) is 6.64. The molecule has 0 aliphatic carbocycles. The molecule has 0 aliphatic rings. The van der Waals surface area contributed by atoms with Crippen LogP contribution in [0.4, 0.5) is 0 Å². The van der Waals surface area contributed by atoms with Crippen LogP contribution in [0.5, 0.6) is 11.5 Å². The summed E-state index contributed by atoms with van der Waals surface area (Å²) in [7, 11) is 1.58. The lowest BCUT2D eigenvalue weighted by atomic mass is 10.1. The van der Waals surface area contributed by atoms with Gasteiger partial charge in [0.1, 0.15) is 11.5 Å². The number of hydrogen-bond donors (Lipinski definition) is 2. The van der Waals surface area contributed by atoms with Crippen molar-refractivity contribution in [3.8, 4) is 11.5 Å². The normalized spacial score (nSPS) is 12.2. The van der Waals surface area contributed by atoms with E-state index < -0.39 is 0 Å². The molecule has 0 saturated heterocycles. The largest absolute Gasteiger partial charge is 0.507 e. The predicted molar refractivity (Wildman–Crippen MR) is 81.4 cm³/mol. The van der Waals surface area contributed by atoms with Crippen LogP contribution in [-0.4, -0.2) is 12.2 Å². The molecule has 0 amide bonds. The number of benzene rings is 2. The molecule has 0 heterocycles. The summed E-state index contributed by atoms with van der Waals surface area (Å²) >= 11 is 5.87. The van der Waals surface area contributed by atoms with Gasteiger partial charge in [-0.25, -0.2) is 0 Å². The SMILES string of the molecule is COc1ccc(CNC(C)c2ccc(Cl)cc2)c(O)c1. The monoisotopic (exact) mass is 291 g/mol. The molecule has 0 radical (unpaired) electrons. The van der Waals surface area contributed by atoms with Gasteiger partial charge in [-0.1, -0.05) is 29.8 Å². The molecule has 0 aliphatic heterocycles. The van der Waals surface area contributed by atoms with E-state index in [1.54, 1.807) is 13.2 Å². The van der Waals surface area contributed by atoms with Crippen molar-refractivity contribution in [1.29, 1.82) is 0 Å². The van der Waals surface area contributed by atoms with E-state index in [1.165, 1.54) is 0 Å². The first-order chi connectivity index (χ1) is 9.60. The van der Waals surface area contributed by atoms with Gasteiger partial charge in [0, 0.05) is 29.2 Å². The lowest BCUT2D eigenvalue weighted by Crippen LogP contribution is -2.18. The summed E-state index contributed by atoms with van der Waals surface area (Å²) in [6.45, 7) is 2.66. The Morgan fingerprint density at radius 1 is 1.20 bits per heavy atom. The second-order valence-electron chi connectivity index (χ2n) is 4.65. The molecule has 4 heteroatoms. The molecule has 2 aromatic rings. The summed E-state index contributed by atoms with van der Waals surface area (Å²) in [5, 5.41) is 14.0. The van der Waals surface area contributed by atoms with Crippen molar-refractivity contribution < 1.29 is 9.84 Å². The third-order valence-corrected chi connectivity index (χ3v) is 3.51. The molecule has 2 aromatic carbocycles. The average Bonchev–Trinajstić information content (AvgIpc) is 2.46. The van der Waals surface area contributed by atoms with Gasteiger partial charge in [0.05, 0.1) is 7.11 Å². The minimum atomic E-state index is 0.175. The highest BCUT2D eigenvalue weighted by Crippen LogP contribution is 2.24. The maximum Gasteiger partial charge on any atom is 0.123 e. The number of nitrogens with one attached hydrogen (secondary N) is 1.